The molecule has 2 aromatic rings. The van der Waals surface area contributed by atoms with Crippen molar-refractivity contribution >= 4 is 7.60 Å². The lowest BCUT2D eigenvalue weighted by atomic mass is 10.1. The molecule has 0 fully saturated rings. The van der Waals surface area contributed by atoms with Gasteiger partial charge in [-0.3, -0.25) is 13.6 Å². The molecule has 2 N–H and O–H groups in total. The molecule has 12 heteroatoms. The molecule has 0 aliphatic heterocycles. The maximum absolute atomic E-state index is 16.0. The lowest BCUT2D eigenvalue weighted by molar-refractivity contribution is -0.346. The number of aliphatic hydroxyl groups is 2. The van der Waals surface area contributed by atoms with E-state index in [0.717, 1.165) is 0 Å². The van der Waals surface area contributed by atoms with Crippen LogP contribution < -0.4 is 0 Å². The van der Waals surface area contributed by atoms with Gasteiger partial charge >= 0.3 is 13.3 Å². The molecule has 9 nitrogen and oxygen atoms in total. The molecule has 2 rings (SSSR count). The Hall–Kier alpha value is -1.79. The summed E-state index contributed by atoms with van der Waals surface area (Å²) < 4.78 is 77.2. The summed E-state index contributed by atoms with van der Waals surface area (Å²) in [5, 5.41) is 21.7. The predicted molar refractivity (Wildman–Crippen MR) is 135 cm³/mol. The van der Waals surface area contributed by atoms with Crippen LogP contribution in [0.2, 0.25) is 0 Å². The third-order valence-electron chi connectivity index (χ3n) is 5.36. The Bertz CT molecular complexity index is 932. The Morgan fingerprint density at radius 1 is 0.789 bits per heavy atom. The van der Waals surface area contributed by atoms with E-state index in [-0.39, 0.29) is 13.2 Å². The molecule has 0 bridgehead atoms. The van der Waals surface area contributed by atoms with E-state index >= 15 is 8.78 Å². The smallest absolute Gasteiger partial charge is 0.358 e. The molecule has 0 amide bonds. The highest BCUT2D eigenvalue weighted by Crippen LogP contribution is 2.66. The van der Waals surface area contributed by atoms with Gasteiger partial charge in [-0.1, -0.05) is 60.7 Å². The Morgan fingerprint density at radius 2 is 1.24 bits per heavy atom. The van der Waals surface area contributed by atoms with Gasteiger partial charge < -0.3 is 29.2 Å². The summed E-state index contributed by atoms with van der Waals surface area (Å²) in [6.45, 7) is 4.79. The summed E-state index contributed by atoms with van der Waals surface area (Å²) in [6.07, 6.45) is -4.16. The van der Waals surface area contributed by atoms with Gasteiger partial charge in [0.1, 0.15) is 6.10 Å². The molecule has 3 unspecified atom stereocenters. The molecule has 0 saturated carbocycles. The van der Waals surface area contributed by atoms with Crippen LogP contribution in [0.25, 0.3) is 0 Å². The summed E-state index contributed by atoms with van der Waals surface area (Å²) >= 11 is 0. The van der Waals surface area contributed by atoms with Crippen molar-refractivity contribution in [3.8, 4) is 0 Å². The lowest BCUT2D eigenvalue weighted by Gasteiger charge is -2.40. The second-order valence-electron chi connectivity index (χ2n) is 8.29. The molecule has 0 heterocycles. The van der Waals surface area contributed by atoms with Gasteiger partial charge in [0.25, 0.3) is 5.79 Å². The normalized spacial score (nSPS) is 15.3. The maximum Gasteiger partial charge on any atom is 0.406 e. The van der Waals surface area contributed by atoms with Crippen LogP contribution in [-0.4, -0.2) is 60.2 Å². The van der Waals surface area contributed by atoms with E-state index in [0.29, 0.717) is 11.1 Å². The average molecular weight is 563 g/mol. The van der Waals surface area contributed by atoms with Gasteiger partial charge in [0, 0.05) is 13.2 Å². The van der Waals surface area contributed by atoms with E-state index in [1.54, 1.807) is 74.5 Å². The van der Waals surface area contributed by atoms with Gasteiger partial charge in [-0.05, 0) is 38.8 Å². The van der Waals surface area contributed by atoms with Crippen molar-refractivity contribution in [3.05, 3.63) is 71.8 Å². The van der Waals surface area contributed by atoms with Gasteiger partial charge in [0.2, 0.25) is 0 Å². The zero-order valence-electron chi connectivity index (χ0n) is 22.0. The predicted octanol–water partition coefficient (Wildman–Crippen LogP) is 5.05. The van der Waals surface area contributed by atoms with Crippen LogP contribution in [0, 0.1) is 0 Å². The number of halogens is 2. The van der Waals surface area contributed by atoms with Crippen molar-refractivity contribution in [1.29, 1.82) is 0 Å². The zero-order chi connectivity index (χ0) is 28.2. The summed E-state index contributed by atoms with van der Waals surface area (Å²) in [4.78, 5) is 0. The monoisotopic (exact) mass is 562 g/mol. The summed E-state index contributed by atoms with van der Waals surface area (Å²) in [5.74, 6) is -4.08. The van der Waals surface area contributed by atoms with E-state index in [9.17, 15) is 14.8 Å². The minimum Gasteiger partial charge on any atom is -0.358 e. The second kappa shape index (κ2) is 15.1. The zero-order valence-corrected chi connectivity index (χ0v) is 22.9. The maximum atomic E-state index is 16.0. The van der Waals surface area contributed by atoms with Crippen LogP contribution in [0.3, 0.4) is 0 Å². The van der Waals surface area contributed by atoms with E-state index in [1.165, 1.54) is 13.8 Å². The van der Waals surface area contributed by atoms with Gasteiger partial charge in [0.05, 0.1) is 19.8 Å². The van der Waals surface area contributed by atoms with Crippen LogP contribution in [0.5, 0.6) is 0 Å². The van der Waals surface area contributed by atoms with Crippen LogP contribution >= 0.6 is 7.60 Å². The van der Waals surface area contributed by atoms with Crippen molar-refractivity contribution in [2.75, 3.05) is 19.8 Å². The minimum absolute atomic E-state index is 0.156. The summed E-state index contributed by atoms with van der Waals surface area (Å²) in [5.41, 5.74) is -4.04. The van der Waals surface area contributed by atoms with E-state index in [2.05, 4.69) is 0 Å². The van der Waals surface area contributed by atoms with Gasteiger partial charge in [-0.2, -0.15) is 8.78 Å². The number of hydrogen-bond donors (Lipinski definition) is 2. The van der Waals surface area contributed by atoms with Gasteiger partial charge in [-0.15, -0.1) is 0 Å². The fourth-order valence-electron chi connectivity index (χ4n) is 3.32. The number of benzene rings is 2. The highest BCUT2D eigenvalue weighted by molar-refractivity contribution is 7.55. The largest absolute Gasteiger partial charge is 0.406 e. The highest BCUT2D eigenvalue weighted by atomic mass is 31.2. The fraction of sp³-hybridized carbons (Fsp3) is 0.538. The van der Waals surface area contributed by atoms with E-state index in [1.807, 2.05) is 0 Å². The molecular weight excluding hydrogens is 525 g/mol. The molecule has 2 aromatic carbocycles. The standard InChI is InChI=1S/C26H37F2O9P/c1-5-32-20(3)34-19-24(37-21(4)33-6-2)25(29,30)26(27,28)38(31,35-17-22-13-9-7-10-14-22)36-18-23-15-11-8-12-16-23/h7-16,20-21,24,29-30H,5-6,17-19H2,1-4H3. The van der Waals surface area contributed by atoms with E-state index < -0.39 is 57.6 Å². The Labute approximate surface area is 222 Å². The first-order valence-corrected chi connectivity index (χ1v) is 13.8. The quantitative estimate of drug-likeness (QED) is 0.190. The number of alkyl halides is 2. The first-order valence-electron chi connectivity index (χ1n) is 12.3. The van der Waals surface area contributed by atoms with Crippen molar-refractivity contribution in [2.45, 2.75) is 71.0 Å². The SMILES string of the molecule is CCOC(C)OCC(OC(C)OCC)C(O)(O)C(F)(F)P(=O)(OCc1ccccc1)OCc1ccccc1. The Kier molecular flexibility index (Phi) is 12.9. The van der Waals surface area contributed by atoms with Gasteiger partial charge in [-0.25, -0.2) is 0 Å². The first kappa shape index (κ1) is 32.4. The van der Waals surface area contributed by atoms with Crippen molar-refractivity contribution in [1.82, 2.24) is 0 Å². The summed E-state index contributed by atoms with van der Waals surface area (Å²) in [6, 6.07) is 16.3. The van der Waals surface area contributed by atoms with Crippen molar-refractivity contribution in [2.24, 2.45) is 0 Å². The molecule has 0 saturated heterocycles. The van der Waals surface area contributed by atoms with Gasteiger partial charge in [0.15, 0.2) is 12.6 Å². The summed E-state index contributed by atoms with van der Waals surface area (Å²) in [7, 11) is -5.59. The van der Waals surface area contributed by atoms with Crippen LogP contribution in [0.4, 0.5) is 8.78 Å². The molecule has 0 aliphatic carbocycles. The van der Waals surface area contributed by atoms with Crippen LogP contribution in [0.15, 0.2) is 60.7 Å². The average Bonchev–Trinajstić information content (AvgIpc) is 2.90. The lowest BCUT2D eigenvalue weighted by Crippen LogP contribution is -2.60. The third kappa shape index (κ3) is 8.87. The molecule has 0 aliphatic rings. The third-order valence-corrected chi connectivity index (χ3v) is 7.32. The molecule has 214 valence electrons. The minimum atomic E-state index is -5.59. The molecular formula is C26H37F2O9P. The molecule has 3 atom stereocenters. The number of hydrogen-bond acceptors (Lipinski definition) is 9. The van der Waals surface area contributed by atoms with Crippen LogP contribution in [-0.2, 0) is 45.8 Å². The van der Waals surface area contributed by atoms with Crippen molar-refractivity contribution < 1.29 is 51.6 Å². The second-order valence-corrected chi connectivity index (χ2v) is 10.4. The fourth-order valence-corrected chi connectivity index (χ4v) is 4.91. The molecule has 0 radical (unpaired) electrons. The molecule has 0 aromatic heterocycles. The number of rotatable bonds is 18. The van der Waals surface area contributed by atoms with E-state index in [4.69, 9.17) is 28.0 Å². The topological polar surface area (TPSA) is 113 Å². The molecule has 0 spiro atoms. The first-order chi connectivity index (χ1) is 18.0. The number of ether oxygens (including phenoxy) is 4. The van der Waals surface area contributed by atoms with Crippen LogP contribution in [0.1, 0.15) is 38.8 Å². The Morgan fingerprint density at radius 3 is 1.68 bits per heavy atom. The van der Waals surface area contributed by atoms with Crippen molar-refractivity contribution in [3.63, 3.8) is 0 Å². The highest BCUT2D eigenvalue weighted by Gasteiger charge is 2.70. The Balaban J connectivity index is 2.39. The molecule has 38 heavy (non-hydrogen) atoms.